The zero-order valence-electron chi connectivity index (χ0n) is 10.2. The van der Waals surface area contributed by atoms with Gasteiger partial charge in [-0.05, 0) is 30.7 Å². The van der Waals surface area contributed by atoms with Crippen molar-refractivity contribution in [2.45, 2.75) is 6.92 Å². The van der Waals surface area contributed by atoms with Gasteiger partial charge in [0, 0.05) is 0 Å². The minimum atomic E-state index is 0.0722. The number of anilines is 3. The van der Waals surface area contributed by atoms with E-state index in [1.165, 1.54) is 0 Å². The quantitative estimate of drug-likeness (QED) is 0.828. The molecule has 3 heteroatoms. The van der Waals surface area contributed by atoms with Crippen LogP contribution in [0.2, 0.25) is 0 Å². The van der Waals surface area contributed by atoms with E-state index in [1.54, 1.807) is 4.90 Å². The van der Waals surface area contributed by atoms with Crippen LogP contribution in [-0.2, 0) is 4.79 Å². The average molecular weight is 238 g/mol. The van der Waals surface area contributed by atoms with E-state index < -0.39 is 0 Å². The average Bonchev–Trinajstić information content (AvgIpc) is 2.40. The Labute approximate surface area is 106 Å². The maximum absolute atomic E-state index is 12.2. The Hall–Kier alpha value is -2.29. The van der Waals surface area contributed by atoms with Crippen molar-refractivity contribution in [1.82, 2.24) is 0 Å². The van der Waals surface area contributed by atoms with Crippen molar-refractivity contribution in [3.63, 3.8) is 0 Å². The fraction of sp³-hybridized carbons (Fsp3) is 0.133. The molecule has 0 aromatic heterocycles. The van der Waals surface area contributed by atoms with E-state index in [1.807, 2.05) is 55.5 Å². The summed E-state index contributed by atoms with van der Waals surface area (Å²) in [5.41, 5.74) is 3.97. The summed E-state index contributed by atoms with van der Waals surface area (Å²) in [6, 6.07) is 15.8. The maximum Gasteiger partial charge on any atom is 0.250 e. The van der Waals surface area contributed by atoms with Crippen LogP contribution in [0.1, 0.15) is 5.56 Å². The first-order valence-corrected chi connectivity index (χ1v) is 5.99. The third kappa shape index (κ3) is 1.64. The molecule has 0 atom stereocenters. The summed E-state index contributed by atoms with van der Waals surface area (Å²) < 4.78 is 0. The predicted molar refractivity (Wildman–Crippen MR) is 73.3 cm³/mol. The lowest BCUT2D eigenvalue weighted by molar-refractivity contribution is -0.116. The number of aryl methyl sites for hydroxylation is 1. The number of nitrogens with zero attached hydrogens (tertiary/aromatic N) is 1. The Kier molecular flexibility index (Phi) is 2.52. The van der Waals surface area contributed by atoms with E-state index in [4.69, 9.17) is 0 Å². The van der Waals surface area contributed by atoms with E-state index in [2.05, 4.69) is 5.32 Å². The molecule has 2 aromatic rings. The van der Waals surface area contributed by atoms with Gasteiger partial charge >= 0.3 is 0 Å². The van der Waals surface area contributed by atoms with Crippen molar-refractivity contribution in [2.24, 2.45) is 0 Å². The Morgan fingerprint density at radius 2 is 1.67 bits per heavy atom. The Balaban J connectivity index is 2.17. The lowest BCUT2D eigenvalue weighted by Gasteiger charge is -2.31. The molecule has 1 amide bonds. The number of nitrogens with one attached hydrogen (secondary N) is 1. The molecule has 1 N–H and O–H groups in total. The van der Waals surface area contributed by atoms with Gasteiger partial charge in [0.15, 0.2) is 0 Å². The van der Waals surface area contributed by atoms with Crippen molar-refractivity contribution in [3.8, 4) is 0 Å². The van der Waals surface area contributed by atoms with Crippen molar-refractivity contribution >= 4 is 23.0 Å². The third-order valence-corrected chi connectivity index (χ3v) is 3.18. The smallest absolute Gasteiger partial charge is 0.250 e. The zero-order valence-corrected chi connectivity index (χ0v) is 10.2. The number of benzene rings is 2. The number of amides is 1. The lowest BCUT2D eigenvalue weighted by Crippen LogP contribution is -2.36. The van der Waals surface area contributed by atoms with E-state index in [0.717, 1.165) is 22.6 Å². The van der Waals surface area contributed by atoms with Crippen molar-refractivity contribution in [2.75, 3.05) is 16.8 Å². The molecule has 3 nitrogen and oxygen atoms in total. The normalized spacial score (nSPS) is 14.1. The van der Waals surface area contributed by atoms with Gasteiger partial charge in [-0.15, -0.1) is 0 Å². The molecule has 0 aliphatic carbocycles. The van der Waals surface area contributed by atoms with E-state index in [0.29, 0.717) is 6.54 Å². The van der Waals surface area contributed by atoms with Crippen LogP contribution in [0, 0.1) is 6.92 Å². The van der Waals surface area contributed by atoms with E-state index in [9.17, 15) is 4.79 Å². The van der Waals surface area contributed by atoms with Gasteiger partial charge in [0.2, 0.25) is 0 Å². The molecular weight excluding hydrogens is 224 g/mol. The topological polar surface area (TPSA) is 32.3 Å². The van der Waals surface area contributed by atoms with Crippen LogP contribution in [0.15, 0.2) is 48.5 Å². The third-order valence-electron chi connectivity index (χ3n) is 3.18. The lowest BCUT2D eigenvalue weighted by atomic mass is 10.1. The first kappa shape index (κ1) is 10.8. The predicted octanol–water partition coefficient (Wildman–Crippen LogP) is 3.09. The largest absolute Gasteiger partial charge is 0.374 e. The molecule has 0 spiro atoms. The number of fused-ring (bicyclic) bond motifs is 1. The van der Waals surface area contributed by atoms with Crippen LogP contribution in [0.25, 0.3) is 0 Å². The second kappa shape index (κ2) is 4.18. The summed E-state index contributed by atoms with van der Waals surface area (Å²) in [6.45, 7) is 2.36. The number of para-hydroxylation sites is 3. The second-order valence-corrected chi connectivity index (χ2v) is 4.39. The van der Waals surface area contributed by atoms with Crippen LogP contribution in [-0.4, -0.2) is 12.5 Å². The number of carbonyl (C=O) groups is 1. The molecule has 1 aliphatic rings. The molecule has 0 saturated heterocycles. The molecule has 90 valence electrons. The van der Waals surface area contributed by atoms with Crippen molar-refractivity contribution < 1.29 is 4.79 Å². The number of hydrogen-bond acceptors (Lipinski definition) is 2. The van der Waals surface area contributed by atoms with Gasteiger partial charge in [0.05, 0.1) is 23.6 Å². The number of carbonyl (C=O) groups excluding carboxylic acids is 1. The molecule has 0 fully saturated rings. The van der Waals surface area contributed by atoms with Gasteiger partial charge < -0.3 is 5.32 Å². The van der Waals surface area contributed by atoms with Crippen LogP contribution in [0.4, 0.5) is 17.1 Å². The summed E-state index contributed by atoms with van der Waals surface area (Å²) in [5, 5.41) is 3.14. The Morgan fingerprint density at radius 1 is 1.00 bits per heavy atom. The fourth-order valence-corrected chi connectivity index (χ4v) is 2.28. The highest BCUT2D eigenvalue weighted by Crippen LogP contribution is 2.36. The molecule has 3 rings (SSSR count). The van der Waals surface area contributed by atoms with Crippen molar-refractivity contribution in [3.05, 3.63) is 54.1 Å². The molecule has 0 radical (unpaired) electrons. The highest BCUT2D eigenvalue weighted by molar-refractivity contribution is 6.08. The second-order valence-electron chi connectivity index (χ2n) is 4.39. The molecule has 0 saturated carbocycles. The first-order valence-electron chi connectivity index (χ1n) is 5.99. The molecular formula is C15H14N2O. The first-order chi connectivity index (χ1) is 8.77. The van der Waals surface area contributed by atoms with Crippen LogP contribution in [0.3, 0.4) is 0 Å². The minimum Gasteiger partial charge on any atom is -0.374 e. The summed E-state index contributed by atoms with van der Waals surface area (Å²) in [6.07, 6.45) is 0. The zero-order chi connectivity index (χ0) is 12.5. The standard InChI is InChI=1S/C15H14N2O/c1-11-6-2-4-8-13(11)17-14-9-5-3-7-12(14)16-10-15(17)18/h2-9,16H,10H2,1H3. The molecule has 18 heavy (non-hydrogen) atoms. The monoisotopic (exact) mass is 238 g/mol. The molecule has 1 heterocycles. The van der Waals surface area contributed by atoms with Crippen LogP contribution >= 0.6 is 0 Å². The summed E-state index contributed by atoms with van der Waals surface area (Å²) in [4.78, 5) is 14.0. The van der Waals surface area contributed by atoms with Crippen LogP contribution in [0.5, 0.6) is 0 Å². The highest BCUT2D eigenvalue weighted by atomic mass is 16.2. The summed E-state index contributed by atoms with van der Waals surface area (Å²) in [5.74, 6) is 0.0722. The van der Waals surface area contributed by atoms with Gasteiger partial charge in [-0.3, -0.25) is 9.69 Å². The van der Waals surface area contributed by atoms with E-state index in [-0.39, 0.29) is 5.91 Å². The highest BCUT2D eigenvalue weighted by Gasteiger charge is 2.25. The van der Waals surface area contributed by atoms with Gasteiger partial charge in [0.1, 0.15) is 0 Å². The molecule has 1 aliphatic heterocycles. The Morgan fingerprint density at radius 3 is 2.44 bits per heavy atom. The minimum absolute atomic E-state index is 0.0722. The van der Waals surface area contributed by atoms with Gasteiger partial charge in [-0.1, -0.05) is 30.3 Å². The molecule has 0 unspecified atom stereocenters. The SMILES string of the molecule is Cc1ccccc1N1C(=O)CNc2ccccc21. The molecule has 0 bridgehead atoms. The van der Waals surface area contributed by atoms with Gasteiger partial charge in [-0.25, -0.2) is 0 Å². The molecule has 2 aromatic carbocycles. The van der Waals surface area contributed by atoms with Crippen molar-refractivity contribution in [1.29, 1.82) is 0 Å². The van der Waals surface area contributed by atoms with Gasteiger partial charge in [0.25, 0.3) is 5.91 Å². The van der Waals surface area contributed by atoms with E-state index >= 15 is 0 Å². The number of hydrogen-bond donors (Lipinski definition) is 1. The van der Waals surface area contributed by atoms with Gasteiger partial charge in [-0.2, -0.15) is 0 Å². The fourth-order valence-electron chi connectivity index (χ4n) is 2.28. The Bertz CT molecular complexity index is 607. The number of rotatable bonds is 1. The maximum atomic E-state index is 12.2. The van der Waals surface area contributed by atoms with Crippen LogP contribution < -0.4 is 10.2 Å². The summed E-state index contributed by atoms with van der Waals surface area (Å²) >= 11 is 0. The summed E-state index contributed by atoms with van der Waals surface area (Å²) in [7, 11) is 0.